The molecule has 21 heavy (non-hydrogen) atoms. The molecule has 4 amide bonds. The fraction of sp³-hybridized carbons (Fsp3) is 0.667. The first-order valence-electron chi connectivity index (χ1n) is 6.59. The minimum absolute atomic E-state index is 0.281. The van der Waals surface area contributed by atoms with Crippen LogP contribution >= 0.6 is 0 Å². The molecule has 0 aliphatic carbocycles. The molecule has 5 N–H and O–H groups in total. The van der Waals surface area contributed by atoms with Crippen molar-refractivity contribution in [2.45, 2.75) is 39.3 Å². The molecule has 120 valence electrons. The summed E-state index contributed by atoms with van der Waals surface area (Å²) < 4.78 is 0. The second kappa shape index (κ2) is 8.77. The summed E-state index contributed by atoms with van der Waals surface area (Å²) in [4.78, 5) is 46.7. The summed E-state index contributed by atoms with van der Waals surface area (Å²) in [7, 11) is 0. The molecule has 0 radical (unpaired) electrons. The predicted octanol–water partition coefficient (Wildman–Crippen LogP) is -1.13. The molecule has 0 aliphatic rings. The van der Waals surface area contributed by atoms with Gasteiger partial charge in [-0.1, -0.05) is 0 Å². The number of hydrogen-bond donors (Lipinski definition) is 4. The number of primary amides is 1. The van der Waals surface area contributed by atoms with Crippen molar-refractivity contribution in [2.75, 3.05) is 13.1 Å². The number of urea groups is 1. The summed E-state index contributed by atoms with van der Waals surface area (Å²) >= 11 is 0. The standard InChI is InChI=1S/C12H22N4O5/c1-4-16(5-2)10(18)7(3)14-12(21)15-8(11(19)20)6-9(13)17/h7-8H,4-6H2,1-3H3,(H2,13,17)(H,19,20)(H2,14,15,21)/t7?,8-/m1/s1. The number of carbonyl (C=O) groups is 4. The third-order valence-electron chi connectivity index (χ3n) is 2.80. The average molecular weight is 302 g/mol. The fourth-order valence-corrected chi connectivity index (χ4v) is 1.67. The first-order valence-corrected chi connectivity index (χ1v) is 6.59. The Kier molecular flexibility index (Phi) is 7.80. The van der Waals surface area contributed by atoms with Crippen LogP contribution in [0.3, 0.4) is 0 Å². The van der Waals surface area contributed by atoms with E-state index in [9.17, 15) is 19.2 Å². The Bertz CT molecular complexity index is 408. The molecule has 2 atom stereocenters. The molecular formula is C12H22N4O5. The zero-order valence-electron chi connectivity index (χ0n) is 12.4. The third-order valence-corrected chi connectivity index (χ3v) is 2.80. The minimum Gasteiger partial charge on any atom is -0.480 e. The Balaban J connectivity index is 4.56. The van der Waals surface area contributed by atoms with Crippen molar-refractivity contribution in [3.63, 3.8) is 0 Å². The van der Waals surface area contributed by atoms with Crippen LogP contribution in [0, 0.1) is 0 Å². The van der Waals surface area contributed by atoms with Crippen LogP contribution in [0.15, 0.2) is 0 Å². The van der Waals surface area contributed by atoms with Crippen molar-refractivity contribution in [3.8, 4) is 0 Å². The average Bonchev–Trinajstić information content (AvgIpc) is 2.38. The maximum absolute atomic E-state index is 11.9. The van der Waals surface area contributed by atoms with Gasteiger partial charge in [-0.25, -0.2) is 9.59 Å². The highest BCUT2D eigenvalue weighted by Gasteiger charge is 2.25. The highest BCUT2D eigenvalue weighted by Crippen LogP contribution is 1.96. The Hall–Kier alpha value is -2.32. The van der Waals surface area contributed by atoms with Crippen LogP contribution in [-0.2, 0) is 14.4 Å². The maximum Gasteiger partial charge on any atom is 0.326 e. The van der Waals surface area contributed by atoms with E-state index in [1.165, 1.54) is 11.8 Å². The van der Waals surface area contributed by atoms with E-state index in [0.29, 0.717) is 13.1 Å². The highest BCUT2D eigenvalue weighted by atomic mass is 16.4. The summed E-state index contributed by atoms with van der Waals surface area (Å²) in [6, 6.07) is -3.09. The molecule has 0 aromatic heterocycles. The molecule has 1 unspecified atom stereocenters. The fourth-order valence-electron chi connectivity index (χ4n) is 1.67. The van der Waals surface area contributed by atoms with Crippen molar-refractivity contribution in [2.24, 2.45) is 5.73 Å². The number of aliphatic carboxylic acids is 1. The number of nitrogens with two attached hydrogens (primary N) is 1. The largest absolute Gasteiger partial charge is 0.480 e. The summed E-state index contributed by atoms with van der Waals surface area (Å²) in [6.45, 7) is 6.11. The number of likely N-dealkylation sites (N-methyl/N-ethyl adjacent to an activating group) is 1. The second-order valence-electron chi connectivity index (χ2n) is 4.41. The Morgan fingerprint density at radius 1 is 1.14 bits per heavy atom. The normalized spacial score (nSPS) is 12.9. The number of nitrogens with zero attached hydrogens (tertiary/aromatic N) is 1. The van der Waals surface area contributed by atoms with Gasteiger partial charge in [-0.2, -0.15) is 0 Å². The molecule has 0 aliphatic heterocycles. The smallest absolute Gasteiger partial charge is 0.326 e. The first-order chi connectivity index (χ1) is 9.72. The monoisotopic (exact) mass is 302 g/mol. The lowest BCUT2D eigenvalue weighted by molar-refractivity contribution is -0.140. The number of nitrogens with one attached hydrogen (secondary N) is 2. The summed E-state index contributed by atoms with van der Waals surface area (Å²) in [5, 5.41) is 13.3. The van der Waals surface area contributed by atoms with Gasteiger partial charge >= 0.3 is 12.0 Å². The lowest BCUT2D eigenvalue weighted by Gasteiger charge is -2.24. The van der Waals surface area contributed by atoms with E-state index in [-0.39, 0.29) is 5.91 Å². The van der Waals surface area contributed by atoms with Gasteiger partial charge in [-0.05, 0) is 20.8 Å². The Labute approximate surface area is 122 Å². The summed E-state index contributed by atoms with van der Waals surface area (Å²) in [5.41, 5.74) is 4.90. The lowest BCUT2D eigenvalue weighted by Crippen LogP contribution is -2.53. The van der Waals surface area contributed by atoms with Crippen LogP contribution in [0.4, 0.5) is 4.79 Å². The molecule has 0 saturated heterocycles. The van der Waals surface area contributed by atoms with Crippen molar-refractivity contribution in [3.05, 3.63) is 0 Å². The molecule has 0 aromatic rings. The molecule has 0 bridgehead atoms. The number of carboxylic acids is 1. The van der Waals surface area contributed by atoms with Gasteiger partial charge in [-0.15, -0.1) is 0 Å². The van der Waals surface area contributed by atoms with Crippen LogP contribution in [-0.4, -0.2) is 59.0 Å². The number of amides is 4. The minimum atomic E-state index is -1.43. The molecule has 0 rings (SSSR count). The highest BCUT2D eigenvalue weighted by molar-refractivity contribution is 5.90. The number of rotatable bonds is 8. The Morgan fingerprint density at radius 3 is 2.05 bits per heavy atom. The summed E-state index contributed by atoms with van der Waals surface area (Å²) in [6.07, 6.45) is -0.527. The predicted molar refractivity (Wildman–Crippen MR) is 74.3 cm³/mol. The second-order valence-corrected chi connectivity index (χ2v) is 4.41. The van der Waals surface area contributed by atoms with E-state index < -0.39 is 36.4 Å². The van der Waals surface area contributed by atoms with E-state index in [4.69, 9.17) is 10.8 Å². The van der Waals surface area contributed by atoms with E-state index in [0.717, 1.165) is 0 Å². The van der Waals surface area contributed by atoms with Crippen LogP contribution in [0.1, 0.15) is 27.2 Å². The van der Waals surface area contributed by atoms with E-state index in [1.807, 2.05) is 13.8 Å². The van der Waals surface area contributed by atoms with Crippen molar-refractivity contribution in [1.29, 1.82) is 0 Å². The number of carbonyl (C=O) groups excluding carboxylic acids is 3. The van der Waals surface area contributed by atoms with Gasteiger partial charge in [0.05, 0.1) is 6.42 Å². The first kappa shape index (κ1) is 18.7. The van der Waals surface area contributed by atoms with Crippen LogP contribution < -0.4 is 16.4 Å². The SMILES string of the molecule is CCN(CC)C(=O)C(C)NC(=O)N[C@H](CC(N)=O)C(=O)O. The zero-order valence-corrected chi connectivity index (χ0v) is 12.4. The molecule has 9 heteroatoms. The van der Waals surface area contributed by atoms with E-state index in [1.54, 1.807) is 0 Å². The van der Waals surface area contributed by atoms with Gasteiger partial charge in [0.15, 0.2) is 0 Å². The van der Waals surface area contributed by atoms with Gasteiger partial charge in [0.2, 0.25) is 11.8 Å². The lowest BCUT2D eigenvalue weighted by atomic mass is 10.2. The van der Waals surface area contributed by atoms with Crippen LogP contribution in [0.25, 0.3) is 0 Å². The Morgan fingerprint density at radius 2 is 1.67 bits per heavy atom. The molecule has 0 fully saturated rings. The van der Waals surface area contributed by atoms with Crippen LogP contribution in [0.5, 0.6) is 0 Å². The van der Waals surface area contributed by atoms with Gasteiger partial charge in [0, 0.05) is 13.1 Å². The van der Waals surface area contributed by atoms with Crippen molar-refractivity contribution in [1.82, 2.24) is 15.5 Å². The van der Waals surface area contributed by atoms with Crippen molar-refractivity contribution >= 4 is 23.8 Å². The molecule has 0 aromatic carbocycles. The van der Waals surface area contributed by atoms with Crippen LogP contribution in [0.2, 0.25) is 0 Å². The maximum atomic E-state index is 11.9. The third kappa shape index (κ3) is 6.59. The number of carboxylic acid groups (broad SMARTS) is 1. The number of hydrogen-bond acceptors (Lipinski definition) is 4. The van der Waals surface area contributed by atoms with Gasteiger partial charge < -0.3 is 26.4 Å². The molecule has 0 spiro atoms. The quantitative estimate of drug-likeness (QED) is 0.449. The van der Waals surface area contributed by atoms with Gasteiger partial charge in [-0.3, -0.25) is 9.59 Å². The zero-order chi connectivity index (χ0) is 16.6. The molecule has 0 saturated carbocycles. The topological polar surface area (TPSA) is 142 Å². The summed E-state index contributed by atoms with van der Waals surface area (Å²) in [5.74, 6) is -2.52. The van der Waals surface area contributed by atoms with Gasteiger partial charge in [0.25, 0.3) is 0 Å². The molecule has 0 heterocycles. The molecule has 9 nitrogen and oxygen atoms in total. The van der Waals surface area contributed by atoms with E-state index in [2.05, 4.69) is 10.6 Å². The van der Waals surface area contributed by atoms with E-state index >= 15 is 0 Å². The van der Waals surface area contributed by atoms with Crippen molar-refractivity contribution < 1.29 is 24.3 Å². The molecular weight excluding hydrogens is 280 g/mol. The van der Waals surface area contributed by atoms with Gasteiger partial charge in [0.1, 0.15) is 12.1 Å².